The fourth-order valence-corrected chi connectivity index (χ4v) is 1.72. The maximum atomic E-state index is 8.42. The summed E-state index contributed by atoms with van der Waals surface area (Å²) in [4.78, 5) is 0. The second-order valence-electron chi connectivity index (χ2n) is 4.23. The molecular formula is C14H20N2. The van der Waals surface area contributed by atoms with Gasteiger partial charge in [-0.2, -0.15) is 5.26 Å². The maximum Gasteiger partial charge on any atom is 0.0622 e. The molecule has 0 unspecified atom stereocenters. The van der Waals surface area contributed by atoms with Crippen molar-refractivity contribution in [3.8, 4) is 6.07 Å². The zero-order chi connectivity index (χ0) is 12.0. The van der Waals surface area contributed by atoms with Gasteiger partial charge < -0.3 is 5.32 Å². The van der Waals surface area contributed by atoms with E-state index in [1.54, 1.807) is 0 Å². The van der Waals surface area contributed by atoms with E-state index in [0.29, 0.717) is 6.42 Å². The first-order valence-electron chi connectivity index (χ1n) is 5.80. The van der Waals surface area contributed by atoms with Gasteiger partial charge in [-0.25, -0.2) is 0 Å². The molecule has 0 fully saturated rings. The van der Waals surface area contributed by atoms with Gasteiger partial charge >= 0.3 is 0 Å². The zero-order valence-electron chi connectivity index (χ0n) is 10.4. The number of nitriles is 1. The lowest BCUT2D eigenvalue weighted by atomic mass is 9.99. The van der Waals surface area contributed by atoms with Gasteiger partial charge in [0.05, 0.1) is 6.07 Å². The third kappa shape index (κ3) is 3.36. The first-order chi connectivity index (χ1) is 7.66. The molecule has 2 nitrogen and oxygen atoms in total. The number of unbranched alkanes of at least 4 members (excludes halogenated alkanes) is 1. The number of hydrogen-bond donors (Lipinski definition) is 1. The van der Waals surface area contributed by atoms with Gasteiger partial charge in [-0.15, -0.1) is 0 Å². The fraction of sp³-hybridized carbons (Fsp3) is 0.500. The highest BCUT2D eigenvalue weighted by molar-refractivity contribution is 5.38. The van der Waals surface area contributed by atoms with Crippen molar-refractivity contribution in [2.75, 3.05) is 6.54 Å². The molecule has 1 rings (SSSR count). The van der Waals surface area contributed by atoms with Crippen molar-refractivity contribution in [2.24, 2.45) is 0 Å². The van der Waals surface area contributed by atoms with Crippen molar-refractivity contribution in [2.45, 2.75) is 40.2 Å². The lowest BCUT2D eigenvalue weighted by Crippen LogP contribution is -2.15. The van der Waals surface area contributed by atoms with Gasteiger partial charge in [-0.05, 0) is 56.0 Å². The number of aryl methyl sites for hydroxylation is 1. The molecule has 0 radical (unpaired) electrons. The van der Waals surface area contributed by atoms with Gasteiger partial charge in [0, 0.05) is 13.0 Å². The predicted molar refractivity (Wildman–Crippen MR) is 67.2 cm³/mol. The van der Waals surface area contributed by atoms with Crippen LogP contribution in [0.25, 0.3) is 0 Å². The highest BCUT2D eigenvalue weighted by atomic mass is 14.8. The van der Waals surface area contributed by atoms with Crippen LogP contribution in [0.5, 0.6) is 0 Å². The Labute approximate surface area is 98.3 Å². The summed E-state index contributed by atoms with van der Waals surface area (Å²) in [6, 6.07) is 6.52. The van der Waals surface area contributed by atoms with E-state index in [2.05, 4.69) is 44.3 Å². The van der Waals surface area contributed by atoms with Crippen molar-refractivity contribution < 1.29 is 0 Å². The molecule has 0 aliphatic heterocycles. The van der Waals surface area contributed by atoms with Crippen LogP contribution < -0.4 is 5.32 Å². The molecule has 0 saturated heterocycles. The van der Waals surface area contributed by atoms with Crippen LogP contribution in [0.3, 0.4) is 0 Å². The average Bonchev–Trinajstić information content (AvgIpc) is 2.28. The number of rotatable bonds is 5. The molecule has 0 spiro atoms. The lowest BCUT2D eigenvalue weighted by Gasteiger charge is -2.11. The van der Waals surface area contributed by atoms with E-state index in [-0.39, 0.29) is 0 Å². The van der Waals surface area contributed by atoms with Crippen molar-refractivity contribution in [1.29, 1.82) is 5.26 Å². The van der Waals surface area contributed by atoms with E-state index in [0.717, 1.165) is 19.5 Å². The Morgan fingerprint density at radius 1 is 1.19 bits per heavy atom. The molecule has 0 aliphatic carbocycles. The summed E-state index contributed by atoms with van der Waals surface area (Å²) in [5, 5.41) is 11.8. The minimum absolute atomic E-state index is 0.638. The molecule has 0 aliphatic rings. The van der Waals surface area contributed by atoms with Gasteiger partial charge in [-0.1, -0.05) is 12.1 Å². The normalized spacial score (nSPS) is 10.1. The smallest absolute Gasteiger partial charge is 0.0622 e. The van der Waals surface area contributed by atoms with Gasteiger partial charge in [-0.3, -0.25) is 0 Å². The monoisotopic (exact) mass is 216 g/mol. The predicted octanol–water partition coefficient (Wildman–Crippen LogP) is 3.01. The number of hydrogen-bond acceptors (Lipinski definition) is 2. The second kappa shape index (κ2) is 6.30. The highest BCUT2D eigenvalue weighted by Crippen LogP contribution is 2.16. The molecule has 16 heavy (non-hydrogen) atoms. The van der Waals surface area contributed by atoms with Crippen molar-refractivity contribution in [3.63, 3.8) is 0 Å². The summed E-state index contributed by atoms with van der Waals surface area (Å²) >= 11 is 0. The SMILES string of the molecule is Cc1ccc(CNCCCC#N)c(C)c1C. The average molecular weight is 216 g/mol. The number of benzene rings is 1. The largest absolute Gasteiger partial charge is 0.313 e. The molecule has 1 aromatic rings. The molecule has 0 atom stereocenters. The Balaban J connectivity index is 2.49. The summed E-state index contributed by atoms with van der Waals surface area (Å²) in [7, 11) is 0. The topological polar surface area (TPSA) is 35.8 Å². The molecule has 0 amide bonds. The van der Waals surface area contributed by atoms with E-state index < -0.39 is 0 Å². The van der Waals surface area contributed by atoms with E-state index in [4.69, 9.17) is 5.26 Å². The van der Waals surface area contributed by atoms with Crippen LogP contribution in [0.1, 0.15) is 35.1 Å². The first kappa shape index (κ1) is 12.7. The quantitative estimate of drug-likeness (QED) is 0.768. The second-order valence-corrected chi connectivity index (χ2v) is 4.23. The lowest BCUT2D eigenvalue weighted by molar-refractivity contribution is 0.655. The molecule has 0 aromatic heterocycles. The van der Waals surface area contributed by atoms with Crippen molar-refractivity contribution in [3.05, 3.63) is 34.4 Å². The Morgan fingerprint density at radius 2 is 1.94 bits per heavy atom. The molecular weight excluding hydrogens is 196 g/mol. The van der Waals surface area contributed by atoms with Gasteiger partial charge in [0.15, 0.2) is 0 Å². The maximum absolute atomic E-state index is 8.42. The first-order valence-corrected chi connectivity index (χ1v) is 5.80. The van der Waals surface area contributed by atoms with Gasteiger partial charge in [0.25, 0.3) is 0 Å². The summed E-state index contributed by atoms with van der Waals surface area (Å²) in [6.45, 7) is 8.31. The van der Waals surface area contributed by atoms with Crippen LogP contribution in [0.2, 0.25) is 0 Å². The Bertz CT molecular complexity index is 388. The van der Waals surface area contributed by atoms with Crippen LogP contribution in [-0.2, 0) is 6.54 Å². The van der Waals surface area contributed by atoms with Crippen molar-refractivity contribution >= 4 is 0 Å². The fourth-order valence-electron chi connectivity index (χ4n) is 1.72. The Hall–Kier alpha value is -1.33. The molecule has 2 heteroatoms. The van der Waals surface area contributed by atoms with E-state index in [1.165, 1.54) is 22.3 Å². The van der Waals surface area contributed by atoms with E-state index >= 15 is 0 Å². The molecule has 1 aromatic carbocycles. The Morgan fingerprint density at radius 3 is 2.62 bits per heavy atom. The third-order valence-electron chi connectivity index (χ3n) is 3.13. The van der Waals surface area contributed by atoms with Crippen LogP contribution >= 0.6 is 0 Å². The Kier molecular flexibility index (Phi) is 5.01. The highest BCUT2D eigenvalue weighted by Gasteiger charge is 2.02. The van der Waals surface area contributed by atoms with Gasteiger partial charge in [0.2, 0.25) is 0 Å². The molecule has 86 valence electrons. The number of nitrogens with zero attached hydrogens (tertiary/aromatic N) is 1. The molecule has 0 bridgehead atoms. The summed E-state index contributed by atoms with van der Waals surface area (Å²) in [5.41, 5.74) is 5.48. The van der Waals surface area contributed by atoms with Crippen LogP contribution in [0.15, 0.2) is 12.1 Å². The summed E-state index contributed by atoms with van der Waals surface area (Å²) in [5.74, 6) is 0. The van der Waals surface area contributed by atoms with E-state index in [9.17, 15) is 0 Å². The molecule has 0 saturated carbocycles. The van der Waals surface area contributed by atoms with Crippen LogP contribution in [-0.4, -0.2) is 6.54 Å². The minimum Gasteiger partial charge on any atom is -0.313 e. The van der Waals surface area contributed by atoms with Crippen LogP contribution in [0.4, 0.5) is 0 Å². The standard InChI is InChI=1S/C14H20N2/c1-11-6-7-14(13(3)12(11)2)10-16-9-5-4-8-15/h6-7,16H,4-5,9-10H2,1-3H3. The third-order valence-corrected chi connectivity index (χ3v) is 3.13. The summed E-state index contributed by atoms with van der Waals surface area (Å²) in [6.07, 6.45) is 1.57. The summed E-state index contributed by atoms with van der Waals surface area (Å²) < 4.78 is 0. The van der Waals surface area contributed by atoms with Gasteiger partial charge in [0.1, 0.15) is 0 Å². The molecule has 0 heterocycles. The van der Waals surface area contributed by atoms with Crippen LogP contribution in [0, 0.1) is 32.1 Å². The minimum atomic E-state index is 0.638. The number of nitrogens with one attached hydrogen (secondary N) is 1. The van der Waals surface area contributed by atoms with E-state index in [1.807, 2.05) is 0 Å². The molecule has 1 N–H and O–H groups in total. The zero-order valence-corrected chi connectivity index (χ0v) is 10.4. The van der Waals surface area contributed by atoms with Crippen molar-refractivity contribution in [1.82, 2.24) is 5.32 Å².